The highest BCUT2D eigenvalue weighted by atomic mass is 32.2. The molecule has 1 aliphatic heterocycles. The summed E-state index contributed by atoms with van der Waals surface area (Å²) in [6.07, 6.45) is 1.41. The van der Waals surface area contributed by atoms with Crippen LogP contribution in [0.3, 0.4) is 0 Å². The van der Waals surface area contributed by atoms with Gasteiger partial charge in [0.2, 0.25) is 10.0 Å². The molecular weight excluding hydrogens is 372 g/mol. The number of hydrogen-bond donors (Lipinski definition) is 0. The molecule has 144 valence electrons. The van der Waals surface area contributed by atoms with Crippen LogP contribution in [0.25, 0.3) is 0 Å². The van der Waals surface area contributed by atoms with E-state index in [-0.39, 0.29) is 16.6 Å². The van der Waals surface area contributed by atoms with Crippen LogP contribution in [0.15, 0.2) is 47.4 Å². The van der Waals surface area contributed by atoms with Gasteiger partial charge in [-0.15, -0.1) is 0 Å². The molecule has 0 unspecified atom stereocenters. The summed E-state index contributed by atoms with van der Waals surface area (Å²) in [5.74, 6) is 1.11. The first-order valence-corrected chi connectivity index (χ1v) is 9.80. The Bertz CT molecular complexity index is 943. The number of hydrogen-bond acceptors (Lipinski definition) is 6. The largest absolute Gasteiger partial charge is 0.493 e. The Morgan fingerprint density at radius 1 is 1.07 bits per heavy atom. The molecule has 0 saturated carbocycles. The lowest BCUT2D eigenvalue weighted by atomic mass is 10.0. The number of non-ortho nitro benzene ring substituents is 1. The summed E-state index contributed by atoms with van der Waals surface area (Å²) >= 11 is 0. The van der Waals surface area contributed by atoms with Crippen LogP contribution in [0, 0.1) is 10.1 Å². The molecule has 0 aromatic heterocycles. The standard InChI is InChI=1S/C18H20N2O6S/c1-25-17-10-5-13(12-18(17)26-2)16-4-3-11-19(16)27(23,24)15-8-6-14(7-9-15)20(21)22/h5-10,12,16H,3-4,11H2,1-2H3/t16-/m0/s1. The maximum atomic E-state index is 13.1. The van der Waals surface area contributed by atoms with Gasteiger partial charge in [-0.2, -0.15) is 4.31 Å². The molecule has 9 heteroatoms. The summed E-state index contributed by atoms with van der Waals surface area (Å²) < 4.78 is 38.2. The van der Waals surface area contributed by atoms with E-state index in [1.807, 2.05) is 6.07 Å². The predicted octanol–water partition coefficient (Wildman–Crippen LogP) is 3.14. The number of nitro groups is 1. The lowest BCUT2D eigenvalue weighted by molar-refractivity contribution is -0.384. The molecule has 3 rings (SSSR count). The zero-order valence-electron chi connectivity index (χ0n) is 15.0. The Balaban J connectivity index is 1.94. The summed E-state index contributed by atoms with van der Waals surface area (Å²) in [5, 5.41) is 10.8. The van der Waals surface area contributed by atoms with Crippen LogP contribution in [0.1, 0.15) is 24.4 Å². The molecule has 1 fully saturated rings. The Morgan fingerprint density at radius 3 is 2.33 bits per heavy atom. The van der Waals surface area contributed by atoms with Gasteiger partial charge in [0.1, 0.15) is 0 Å². The molecule has 0 spiro atoms. The van der Waals surface area contributed by atoms with Gasteiger partial charge >= 0.3 is 0 Å². The van der Waals surface area contributed by atoms with E-state index in [4.69, 9.17) is 9.47 Å². The van der Waals surface area contributed by atoms with E-state index in [1.54, 1.807) is 19.2 Å². The minimum absolute atomic E-state index is 0.0421. The van der Waals surface area contributed by atoms with Crippen LogP contribution >= 0.6 is 0 Å². The molecule has 0 amide bonds. The second kappa shape index (κ2) is 7.53. The first-order chi connectivity index (χ1) is 12.9. The second-order valence-corrected chi connectivity index (χ2v) is 8.03. The Labute approximate surface area is 157 Å². The van der Waals surface area contributed by atoms with Crippen molar-refractivity contribution in [2.24, 2.45) is 0 Å². The normalized spacial score (nSPS) is 17.6. The van der Waals surface area contributed by atoms with Crippen LogP contribution in [-0.4, -0.2) is 38.4 Å². The highest BCUT2D eigenvalue weighted by Crippen LogP contribution is 2.39. The maximum Gasteiger partial charge on any atom is 0.269 e. The van der Waals surface area contributed by atoms with Gasteiger partial charge in [-0.05, 0) is 42.7 Å². The summed E-state index contributed by atoms with van der Waals surface area (Å²) in [5.41, 5.74) is 0.669. The minimum Gasteiger partial charge on any atom is -0.493 e. The van der Waals surface area contributed by atoms with E-state index in [0.717, 1.165) is 12.0 Å². The van der Waals surface area contributed by atoms with Crippen molar-refractivity contribution in [2.75, 3.05) is 20.8 Å². The smallest absolute Gasteiger partial charge is 0.269 e. The van der Waals surface area contributed by atoms with E-state index >= 15 is 0 Å². The van der Waals surface area contributed by atoms with Crippen LogP contribution in [0.4, 0.5) is 5.69 Å². The first kappa shape index (κ1) is 19.1. The molecule has 0 bridgehead atoms. The van der Waals surface area contributed by atoms with Crippen LogP contribution in [0.5, 0.6) is 11.5 Å². The number of ether oxygens (including phenoxy) is 2. The van der Waals surface area contributed by atoms with Crippen molar-refractivity contribution in [2.45, 2.75) is 23.8 Å². The van der Waals surface area contributed by atoms with E-state index in [2.05, 4.69) is 0 Å². The topological polar surface area (TPSA) is 99.0 Å². The first-order valence-electron chi connectivity index (χ1n) is 8.36. The summed E-state index contributed by atoms with van der Waals surface area (Å²) in [6.45, 7) is 0.387. The van der Waals surface area contributed by atoms with Crippen LogP contribution < -0.4 is 9.47 Å². The van der Waals surface area contributed by atoms with Gasteiger partial charge in [0, 0.05) is 18.7 Å². The lowest BCUT2D eigenvalue weighted by Gasteiger charge is -2.25. The van der Waals surface area contributed by atoms with E-state index in [0.29, 0.717) is 24.5 Å². The van der Waals surface area contributed by atoms with Gasteiger partial charge in [0.25, 0.3) is 5.69 Å². The van der Waals surface area contributed by atoms with Crippen molar-refractivity contribution in [3.05, 3.63) is 58.1 Å². The molecule has 1 atom stereocenters. The predicted molar refractivity (Wildman–Crippen MR) is 98.5 cm³/mol. The number of nitro benzene ring substituents is 1. The molecule has 0 radical (unpaired) electrons. The Hall–Kier alpha value is -2.65. The number of nitrogens with zero attached hydrogens (tertiary/aromatic N) is 2. The molecule has 1 heterocycles. The molecule has 27 heavy (non-hydrogen) atoms. The zero-order valence-corrected chi connectivity index (χ0v) is 15.8. The monoisotopic (exact) mass is 392 g/mol. The van der Waals surface area contributed by atoms with Crippen molar-refractivity contribution < 1.29 is 22.8 Å². The molecule has 2 aromatic carbocycles. The molecule has 2 aromatic rings. The van der Waals surface area contributed by atoms with Gasteiger partial charge in [-0.1, -0.05) is 6.07 Å². The number of sulfonamides is 1. The van der Waals surface area contributed by atoms with Gasteiger partial charge in [0.05, 0.1) is 30.1 Å². The second-order valence-electron chi connectivity index (χ2n) is 6.14. The van der Waals surface area contributed by atoms with Crippen molar-refractivity contribution >= 4 is 15.7 Å². The van der Waals surface area contributed by atoms with E-state index in [9.17, 15) is 18.5 Å². The molecule has 1 saturated heterocycles. The summed E-state index contributed by atoms with van der Waals surface area (Å²) in [6, 6.07) is 9.99. The van der Waals surface area contributed by atoms with Crippen molar-refractivity contribution in [1.82, 2.24) is 4.31 Å². The average Bonchev–Trinajstić information content (AvgIpc) is 3.18. The van der Waals surface area contributed by atoms with Gasteiger partial charge in [-0.3, -0.25) is 10.1 Å². The third-order valence-corrected chi connectivity index (χ3v) is 6.57. The average molecular weight is 392 g/mol. The fraction of sp³-hybridized carbons (Fsp3) is 0.333. The van der Waals surface area contributed by atoms with Gasteiger partial charge < -0.3 is 9.47 Å². The van der Waals surface area contributed by atoms with Crippen molar-refractivity contribution in [1.29, 1.82) is 0 Å². The summed E-state index contributed by atoms with van der Waals surface area (Å²) in [4.78, 5) is 10.3. The van der Waals surface area contributed by atoms with Crippen molar-refractivity contribution in [3.8, 4) is 11.5 Å². The number of methoxy groups -OCH3 is 2. The quantitative estimate of drug-likeness (QED) is 0.553. The SMILES string of the molecule is COc1ccc([C@@H]2CCCN2S(=O)(=O)c2ccc([N+](=O)[O-])cc2)cc1OC. The molecule has 1 aliphatic rings. The van der Waals surface area contributed by atoms with Gasteiger partial charge in [-0.25, -0.2) is 8.42 Å². The number of benzene rings is 2. The van der Waals surface area contributed by atoms with E-state index in [1.165, 1.54) is 35.7 Å². The molecular formula is C18H20N2O6S. The van der Waals surface area contributed by atoms with E-state index < -0.39 is 14.9 Å². The molecule has 0 N–H and O–H groups in total. The fourth-order valence-electron chi connectivity index (χ4n) is 3.30. The minimum atomic E-state index is -3.78. The third-order valence-electron chi connectivity index (χ3n) is 4.65. The molecule has 8 nitrogen and oxygen atoms in total. The lowest BCUT2D eigenvalue weighted by Crippen LogP contribution is -2.30. The highest BCUT2D eigenvalue weighted by Gasteiger charge is 2.36. The Morgan fingerprint density at radius 2 is 1.74 bits per heavy atom. The van der Waals surface area contributed by atoms with Crippen molar-refractivity contribution in [3.63, 3.8) is 0 Å². The zero-order chi connectivity index (χ0) is 19.6. The van der Waals surface area contributed by atoms with Crippen LogP contribution in [-0.2, 0) is 10.0 Å². The molecule has 0 aliphatic carbocycles. The van der Waals surface area contributed by atoms with Gasteiger partial charge in [0.15, 0.2) is 11.5 Å². The number of rotatable bonds is 6. The third kappa shape index (κ3) is 3.60. The summed E-state index contributed by atoms with van der Waals surface area (Å²) in [7, 11) is -0.706. The Kier molecular flexibility index (Phi) is 5.33. The maximum absolute atomic E-state index is 13.1. The highest BCUT2D eigenvalue weighted by molar-refractivity contribution is 7.89. The fourth-order valence-corrected chi connectivity index (χ4v) is 4.98. The van der Waals surface area contributed by atoms with Crippen LogP contribution in [0.2, 0.25) is 0 Å².